The van der Waals surface area contributed by atoms with Gasteiger partial charge in [0.1, 0.15) is 5.82 Å². The van der Waals surface area contributed by atoms with Gasteiger partial charge in [0.2, 0.25) is 5.91 Å². The van der Waals surface area contributed by atoms with E-state index < -0.39 is 6.10 Å². The second-order valence-corrected chi connectivity index (χ2v) is 5.40. The Bertz CT molecular complexity index is 598. The molecular formula is C18H20FNO2. The molecule has 0 saturated carbocycles. The van der Waals surface area contributed by atoms with Crippen LogP contribution in [0.5, 0.6) is 0 Å². The number of amides is 1. The summed E-state index contributed by atoms with van der Waals surface area (Å²) in [6.45, 7) is 1.97. The fourth-order valence-electron chi connectivity index (χ4n) is 2.23. The monoisotopic (exact) mass is 301 g/mol. The number of benzene rings is 2. The number of aliphatic hydroxyl groups excluding tert-OH is 1. The van der Waals surface area contributed by atoms with E-state index in [-0.39, 0.29) is 24.2 Å². The van der Waals surface area contributed by atoms with Crippen molar-refractivity contribution in [2.24, 2.45) is 5.92 Å². The van der Waals surface area contributed by atoms with E-state index in [1.54, 1.807) is 0 Å². The Hall–Kier alpha value is -2.20. The minimum Gasteiger partial charge on any atom is -0.387 e. The molecule has 4 heteroatoms. The highest BCUT2D eigenvalue weighted by atomic mass is 19.1. The summed E-state index contributed by atoms with van der Waals surface area (Å²) in [6.07, 6.45) is -0.187. The molecule has 116 valence electrons. The molecule has 0 aliphatic rings. The minimum absolute atomic E-state index is 0.106. The molecule has 2 N–H and O–H groups in total. The summed E-state index contributed by atoms with van der Waals surface area (Å²) >= 11 is 0. The van der Waals surface area contributed by atoms with Crippen molar-refractivity contribution in [2.75, 3.05) is 6.54 Å². The molecule has 22 heavy (non-hydrogen) atoms. The van der Waals surface area contributed by atoms with E-state index in [1.165, 1.54) is 24.3 Å². The van der Waals surface area contributed by atoms with Crippen LogP contribution in [0.25, 0.3) is 0 Å². The lowest BCUT2D eigenvalue weighted by atomic mass is 10.0. The normalized spacial score (nSPS) is 13.4. The molecule has 2 aromatic carbocycles. The van der Waals surface area contributed by atoms with Crippen molar-refractivity contribution < 1.29 is 14.3 Å². The summed E-state index contributed by atoms with van der Waals surface area (Å²) in [5.74, 6) is -0.635. The molecule has 0 spiro atoms. The van der Waals surface area contributed by atoms with Crippen LogP contribution < -0.4 is 5.32 Å². The molecule has 0 heterocycles. The van der Waals surface area contributed by atoms with Crippen LogP contribution in [0.4, 0.5) is 4.39 Å². The first-order valence-electron chi connectivity index (χ1n) is 7.31. The van der Waals surface area contributed by atoms with Crippen molar-refractivity contribution in [3.63, 3.8) is 0 Å². The lowest BCUT2D eigenvalue weighted by Gasteiger charge is -2.15. The van der Waals surface area contributed by atoms with Crippen LogP contribution in [-0.4, -0.2) is 17.6 Å². The van der Waals surface area contributed by atoms with Crippen molar-refractivity contribution in [3.05, 3.63) is 71.5 Å². The first kappa shape index (κ1) is 16.2. The number of halogens is 1. The third kappa shape index (κ3) is 4.67. The molecule has 0 aliphatic carbocycles. The molecule has 0 bridgehead atoms. The van der Waals surface area contributed by atoms with Gasteiger partial charge in [0.05, 0.1) is 6.10 Å². The van der Waals surface area contributed by atoms with Gasteiger partial charge in [0.25, 0.3) is 0 Å². The van der Waals surface area contributed by atoms with Gasteiger partial charge in [0.15, 0.2) is 0 Å². The van der Waals surface area contributed by atoms with Gasteiger partial charge in [-0.3, -0.25) is 4.79 Å². The van der Waals surface area contributed by atoms with Crippen LogP contribution in [0.15, 0.2) is 54.6 Å². The summed E-state index contributed by atoms with van der Waals surface area (Å²) in [5.41, 5.74) is 1.68. The van der Waals surface area contributed by atoms with E-state index in [4.69, 9.17) is 0 Å². The highest BCUT2D eigenvalue weighted by Gasteiger charge is 2.15. The molecule has 0 aliphatic heterocycles. The lowest BCUT2D eigenvalue weighted by molar-refractivity contribution is -0.124. The van der Waals surface area contributed by atoms with Crippen LogP contribution in [0, 0.1) is 11.7 Å². The summed E-state index contributed by atoms with van der Waals surface area (Å²) < 4.78 is 12.8. The fourth-order valence-corrected chi connectivity index (χ4v) is 2.23. The van der Waals surface area contributed by atoms with Crippen molar-refractivity contribution in [1.82, 2.24) is 5.32 Å². The van der Waals surface area contributed by atoms with Crippen LogP contribution in [0.2, 0.25) is 0 Å². The SMILES string of the molecule is CC(Cc1ccccc1)C(=O)NCC(O)c1ccc(F)cc1. The maximum Gasteiger partial charge on any atom is 0.223 e. The van der Waals surface area contributed by atoms with Crippen molar-refractivity contribution in [2.45, 2.75) is 19.4 Å². The zero-order valence-corrected chi connectivity index (χ0v) is 12.5. The van der Waals surface area contributed by atoms with E-state index >= 15 is 0 Å². The quantitative estimate of drug-likeness (QED) is 0.862. The van der Waals surface area contributed by atoms with Gasteiger partial charge in [-0.25, -0.2) is 4.39 Å². The number of carbonyl (C=O) groups is 1. The standard InChI is InChI=1S/C18H20FNO2/c1-13(11-14-5-3-2-4-6-14)18(22)20-12-17(21)15-7-9-16(19)10-8-15/h2-10,13,17,21H,11-12H2,1H3,(H,20,22). The van der Waals surface area contributed by atoms with Gasteiger partial charge < -0.3 is 10.4 Å². The third-order valence-corrected chi connectivity index (χ3v) is 3.56. The van der Waals surface area contributed by atoms with E-state index in [1.807, 2.05) is 37.3 Å². The first-order chi connectivity index (χ1) is 10.6. The summed E-state index contributed by atoms with van der Waals surface area (Å²) in [6, 6.07) is 15.4. The smallest absolute Gasteiger partial charge is 0.223 e. The molecular weight excluding hydrogens is 281 g/mol. The zero-order chi connectivity index (χ0) is 15.9. The van der Waals surface area contributed by atoms with Gasteiger partial charge in [0, 0.05) is 12.5 Å². The van der Waals surface area contributed by atoms with Crippen molar-refractivity contribution in [3.8, 4) is 0 Å². The van der Waals surface area contributed by atoms with Gasteiger partial charge in [-0.05, 0) is 29.7 Å². The molecule has 0 aromatic heterocycles. The predicted octanol–water partition coefficient (Wildman–Crippen LogP) is 2.85. The van der Waals surface area contributed by atoms with E-state index in [0.29, 0.717) is 12.0 Å². The number of aliphatic hydroxyl groups is 1. The summed E-state index contributed by atoms with van der Waals surface area (Å²) in [5, 5.41) is 12.7. The first-order valence-corrected chi connectivity index (χ1v) is 7.31. The molecule has 1 amide bonds. The van der Waals surface area contributed by atoms with E-state index in [0.717, 1.165) is 5.56 Å². The predicted molar refractivity (Wildman–Crippen MR) is 83.7 cm³/mol. The molecule has 0 fully saturated rings. The molecule has 2 atom stereocenters. The van der Waals surface area contributed by atoms with Crippen LogP contribution in [0.1, 0.15) is 24.2 Å². The molecule has 2 rings (SSSR count). The highest BCUT2D eigenvalue weighted by Crippen LogP contribution is 2.13. The fraction of sp³-hybridized carbons (Fsp3) is 0.278. The van der Waals surface area contributed by atoms with Crippen molar-refractivity contribution >= 4 is 5.91 Å². The molecule has 2 unspecified atom stereocenters. The van der Waals surface area contributed by atoms with Gasteiger partial charge in [-0.2, -0.15) is 0 Å². The Morgan fingerprint density at radius 1 is 1.14 bits per heavy atom. The Morgan fingerprint density at radius 3 is 2.41 bits per heavy atom. The van der Waals surface area contributed by atoms with Crippen LogP contribution in [0.3, 0.4) is 0 Å². The number of carbonyl (C=O) groups excluding carboxylic acids is 1. The topological polar surface area (TPSA) is 49.3 Å². The zero-order valence-electron chi connectivity index (χ0n) is 12.5. The molecule has 3 nitrogen and oxygen atoms in total. The highest BCUT2D eigenvalue weighted by molar-refractivity contribution is 5.78. The maximum absolute atomic E-state index is 12.8. The Morgan fingerprint density at radius 2 is 1.77 bits per heavy atom. The molecule has 0 saturated heterocycles. The average Bonchev–Trinajstić information content (AvgIpc) is 2.53. The summed E-state index contributed by atoms with van der Waals surface area (Å²) in [4.78, 5) is 12.1. The molecule has 0 radical (unpaired) electrons. The Kier molecular flexibility index (Phi) is 5.67. The van der Waals surface area contributed by atoms with Crippen LogP contribution >= 0.6 is 0 Å². The van der Waals surface area contributed by atoms with Gasteiger partial charge in [-0.1, -0.05) is 49.4 Å². The summed E-state index contributed by atoms with van der Waals surface area (Å²) in [7, 11) is 0. The second-order valence-electron chi connectivity index (χ2n) is 5.40. The number of hydrogen-bond donors (Lipinski definition) is 2. The van der Waals surface area contributed by atoms with E-state index in [9.17, 15) is 14.3 Å². The average molecular weight is 301 g/mol. The number of rotatable bonds is 6. The van der Waals surface area contributed by atoms with E-state index in [2.05, 4.69) is 5.32 Å². The van der Waals surface area contributed by atoms with Gasteiger partial charge in [-0.15, -0.1) is 0 Å². The maximum atomic E-state index is 12.8. The van der Waals surface area contributed by atoms with Crippen LogP contribution in [-0.2, 0) is 11.2 Å². The number of hydrogen-bond acceptors (Lipinski definition) is 2. The number of nitrogens with one attached hydrogen (secondary N) is 1. The molecule has 2 aromatic rings. The second kappa shape index (κ2) is 7.71. The van der Waals surface area contributed by atoms with Crippen molar-refractivity contribution in [1.29, 1.82) is 0 Å². The lowest BCUT2D eigenvalue weighted by Crippen LogP contribution is -2.33. The Labute approximate surface area is 129 Å². The van der Waals surface area contributed by atoms with Gasteiger partial charge >= 0.3 is 0 Å². The minimum atomic E-state index is -0.839. The third-order valence-electron chi connectivity index (χ3n) is 3.56. The largest absolute Gasteiger partial charge is 0.387 e. The Balaban J connectivity index is 1.82.